The molecule has 0 aliphatic carbocycles. The second-order valence-electron chi connectivity index (χ2n) is 8.33. The average Bonchev–Trinajstić information content (AvgIpc) is 3.21. The van der Waals surface area contributed by atoms with Gasteiger partial charge in [0.15, 0.2) is 11.5 Å². The largest absolute Gasteiger partial charge is 0.490 e. The molecule has 188 valence electrons. The van der Waals surface area contributed by atoms with E-state index in [0.29, 0.717) is 42.6 Å². The molecule has 0 saturated heterocycles. The number of nitrogens with zero attached hydrogens (tertiary/aromatic N) is 2. The maximum absolute atomic E-state index is 13.0. The zero-order valence-electron chi connectivity index (χ0n) is 21.3. The molecule has 1 N–H and O–H groups in total. The van der Waals surface area contributed by atoms with Gasteiger partial charge in [-0.3, -0.25) is 4.79 Å². The molecule has 0 aliphatic rings. The molecule has 0 saturated carbocycles. The fraction of sp³-hybridized carbons (Fsp3) is 0.310. The maximum Gasteiger partial charge on any atom is 0.255 e. The van der Waals surface area contributed by atoms with Crippen molar-refractivity contribution in [1.82, 2.24) is 9.55 Å². The van der Waals surface area contributed by atoms with Crippen LogP contribution in [-0.2, 0) is 19.9 Å². The predicted octanol–water partition coefficient (Wildman–Crippen LogP) is 5.81. The molecule has 0 unspecified atom stereocenters. The standard InChI is InChI=1S/C29H33N3O4/c1-5-34-25-18-21(19-26(35-6-2)28(25)36-7-3)29(33)30-22-15-12-20(13-16-22)14-17-27-31-23-10-8-9-11-24(23)32(27)4/h8-13,15-16,18-19H,5-7,14,17H2,1-4H3,(H,30,33). The molecule has 0 radical (unpaired) electrons. The van der Waals surface area contributed by atoms with Gasteiger partial charge in [0.1, 0.15) is 5.82 Å². The molecule has 1 amide bonds. The summed E-state index contributed by atoms with van der Waals surface area (Å²) >= 11 is 0. The number of rotatable bonds is 11. The van der Waals surface area contributed by atoms with Crippen molar-refractivity contribution in [3.63, 3.8) is 0 Å². The second-order valence-corrected chi connectivity index (χ2v) is 8.33. The third kappa shape index (κ3) is 5.62. The first-order valence-electron chi connectivity index (χ1n) is 12.4. The van der Waals surface area contributed by atoms with E-state index in [1.165, 1.54) is 5.56 Å². The maximum atomic E-state index is 13.0. The number of carbonyl (C=O) groups is 1. The Morgan fingerprint density at radius 1 is 0.861 bits per heavy atom. The van der Waals surface area contributed by atoms with Crippen molar-refractivity contribution < 1.29 is 19.0 Å². The monoisotopic (exact) mass is 487 g/mol. The molecule has 7 heteroatoms. The number of ether oxygens (including phenoxy) is 3. The fourth-order valence-corrected chi connectivity index (χ4v) is 4.15. The van der Waals surface area contributed by atoms with Gasteiger partial charge in [0.2, 0.25) is 5.75 Å². The lowest BCUT2D eigenvalue weighted by Crippen LogP contribution is -2.13. The Balaban J connectivity index is 1.45. The summed E-state index contributed by atoms with van der Waals surface area (Å²) in [6.07, 6.45) is 1.70. The zero-order valence-corrected chi connectivity index (χ0v) is 21.3. The van der Waals surface area contributed by atoms with E-state index in [2.05, 4.69) is 23.0 Å². The summed E-state index contributed by atoms with van der Waals surface area (Å²) in [6, 6.07) is 19.5. The highest BCUT2D eigenvalue weighted by Crippen LogP contribution is 2.39. The van der Waals surface area contributed by atoms with E-state index in [9.17, 15) is 4.79 Å². The van der Waals surface area contributed by atoms with Crippen LogP contribution < -0.4 is 19.5 Å². The van der Waals surface area contributed by atoms with Crippen LogP contribution in [0.3, 0.4) is 0 Å². The van der Waals surface area contributed by atoms with Gasteiger partial charge in [0, 0.05) is 24.7 Å². The van der Waals surface area contributed by atoms with E-state index in [0.717, 1.165) is 35.4 Å². The van der Waals surface area contributed by atoms with Gasteiger partial charge in [-0.25, -0.2) is 4.98 Å². The smallest absolute Gasteiger partial charge is 0.255 e. The van der Waals surface area contributed by atoms with E-state index in [4.69, 9.17) is 19.2 Å². The summed E-state index contributed by atoms with van der Waals surface area (Å²) in [5, 5.41) is 2.97. The first-order valence-corrected chi connectivity index (χ1v) is 12.4. The van der Waals surface area contributed by atoms with Crippen LogP contribution in [0.25, 0.3) is 11.0 Å². The summed E-state index contributed by atoms with van der Waals surface area (Å²) in [6.45, 7) is 7.04. The van der Waals surface area contributed by atoms with Crippen molar-refractivity contribution in [1.29, 1.82) is 0 Å². The lowest BCUT2D eigenvalue weighted by molar-refractivity contribution is 0.102. The Hall–Kier alpha value is -4.00. The van der Waals surface area contributed by atoms with Gasteiger partial charge in [-0.15, -0.1) is 0 Å². The summed E-state index contributed by atoms with van der Waals surface area (Å²) < 4.78 is 19.3. The minimum absolute atomic E-state index is 0.243. The van der Waals surface area contributed by atoms with Crippen LogP contribution in [0.4, 0.5) is 5.69 Å². The van der Waals surface area contributed by atoms with Gasteiger partial charge in [-0.05, 0) is 69.2 Å². The highest BCUT2D eigenvalue weighted by atomic mass is 16.5. The van der Waals surface area contributed by atoms with Crippen LogP contribution in [0.5, 0.6) is 17.2 Å². The molecular weight excluding hydrogens is 454 g/mol. The van der Waals surface area contributed by atoms with Gasteiger partial charge in [0.25, 0.3) is 5.91 Å². The quantitative estimate of drug-likeness (QED) is 0.289. The lowest BCUT2D eigenvalue weighted by atomic mass is 10.1. The number of amides is 1. The molecule has 1 heterocycles. The first-order chi connectivity index (χ1) is 17.5. The first kappa shape index (κ1) is 25.1. The molecule has 0 aliphatic heterocycles. The highest BCUT2D eigenvalue weighted by Gasteiger charge is 2.18. The van der Waals surface area contributed by atoms with Gasteiger partial charge >= 0.3 is 0 Å². The number of benzene rings is 3. The van der Waals surface area contributed by atoms with Crippen LogP contribution in [0.15, 0.2) is 60.7 Å². The van der Waals surface area contributed by atoms with Crippen LogP contribution in [-0.4, -0.2) is 35.3 Å². The fourth-order valence-electron chi connectivity index (χ4n) is 4.15. The number of aryl methyl sites for hydroxylation is 3. The Labute approximate surface area is 212 Å². The number of anilines is 1. The summed E-state index contributed by atoms with van der Waals surface area (Å²) in [4.78, 5) is 17.8. The molecule has 0 bridgehead atoms. The number of nitrogens with one attached hydrogen (secondary N) is 1. The van der Waals surface area contributed by atoms with Crippen molar-refractivity contribution in [3.05, 3.63) is 77.6 Å². The van der Waals surface area contributed by atoms with E-state index >= 15 is 0 Å². The van der Waals surface area contributed by atoms with Gasteiger partial charge in [0.05, 0.1) is 30.9 Å². The Bertz CT molecular complexity index is 1300. The third-order valence-corrected chi connectivity index (χ3v) is 5.90. The number of fused-ring (bicyclic) bond motifs is 1. The van der Waals surface area contributed by atoms with E-state index in [-0.39, 0.29) is 5.91 Å². The minimum Gasteiger partial charge on any atom is -0.490 e. The second kappa shape index (κ2) is 11.6. The normalized spacial score (nSPS) is 10.9. The van der Waals surface area contributed by atoms with E-state index in [1.807, 2.05) is 63.2 Å². The van der Waals surface area contributed by atoms with E-state index in [1.54, 1.807) is 12.1 Å². The lowest BCUT2D eigenvalue weighted by Gasteiger charge is -2.17. The van der Waals surface area contributed by atoms with Crippen molar-refractivity contribution in [2.24, 2.45) is 7.05 Å². The number of carbonyl (C=O) groups excluding carboxylic acids is 1. The highest BCUT2D eigenvalue weighted by molar-refractivity contribution is 6.05. The molecule has 0 fully saturated rings. The topological polar surface area (TPSA) is 74.6 Å². The zero-order chi connectivity index (χ0) is 25.5. The number of imidazole rings is 1. The molecule has 0 spiro atoms. The summed E-state index contributed by atoms with van der Waals surface area (Å²) in [5.74, 6) is 2.31. The van der Waals surface area contributed by atoms with Crippen LogP contribution in [0, 0.1) is 0 Å². The van der Waals surface area contributed by atoms with Gasteiger partial charge < -0.3 is 24.1 Å². The molecule has 4 rings (SSSR count). The Morgan fingerprint density at radius 3 is 2.11 bits per heavy atom. The van der Waals surface area contributed by atoms with Crippen LogP contribution >= 0.6 is 0 Å². The average molecular weight is 488 g/mol. The predicted molar refractivity (Wildman–Crippen MR) is 142 cm³/mol. The Morgan fingerprint density at radius 2 is 1.50 bits per heavy atom. The van der Waals surface area contributed by atoms with Crippen molar-refractivity contribution in [2.75, 3.05) is 25.1 Å². The third-order valence-electron chi connectivity index (χ3n) is 5.90. The van der Waals surface area contributed by atoms with Gasteiger partial charge in [-0.1, -0.05) is 24.3 Å². The Kier molecular flexibility index (Phi) is 8.10. The number of hydrogen-bond acceptors (Lipinski definition) is 5. The summed E-state index contributed by atoms with van der Waals surface area (Å²) in [5.41, 5.74) is 4.49. The van der Waals surface area contributed by atoms with Crippen LogP contribution in [0.2, 0.25) is 0 Å². The number of aromatic nitrogens is 2. The van der Waals surface area contributed by atoms with Crippen molar-refractivity contribution in [3.8, 4) is 17.2 Å². The van der Waals surface area contributed by atoms with Crippen molar-refractivity contribution >= 4 is 22.6 Å². The molecule has 1 aromatic heterocycles. The number of para-hydroxylation sites is 2. The minimum atomic E-state index is -0.243. The van der Waals surface area contributed by atoms with Crippen LogP contribution in [0.1, 0.15) is 42.5 Å². The number of hydrogen-bond donors (Lipinski definition) is 1. The molecule has 7 nitrogen and oxygen atoms in total. The van der Waals surface area contributed by atoms with Gasteiger partial charge in [-0.2, -0.15) is 0 Å². The molecular formula is C29H33N3O4. The van der Waals surface area contributed by atoms with E-state index < -0.39 is 0 Å². The molecule has 0 atom stereocenters. The SMILES string of the molecule is CCOc1cc(C(=O)Nc2ccc(CCc3nc4ccccc4n3C)cc2)cc(OCC)c1OCC. The molecule has 3 aromatic carbocycles. The summed E-state index contributed by atoms with van der Waals surface area (Å²) in [7, 11) is 2.05. The van der Waals surface area contributed by atoms with Crippen molar-refractivity contribution in [2.45, 2.75) is 33.6 Å². The molecule has 36 heavy (non-hydrogen) atoms. The molecule has 4 aromatic rings.